The number of carbonyl (C=O) groups excluding carboxylic acids is 3. The zero-order chi connectivity index (χ0) is 18.2. The van der Waals surface area contributed by atoms with Crippen molar-refractivity contribution in [3.63, 3.8) is 0 Å². The first-order valence-electron chi connectivity index (χ1n) is 8.79. The fourth-order valence-corrected chi connectivity index (χ4v) is 4.21. The molecule has 3 aliphatic heterocycles. The smallest absolute Gasteiger partial charge is 0.254 e. The Kier molecular flexibility index (Phi) is 6.44. The van der Waals surface area contributed by atoms with Crippen LogP contribution in [0.1, 0.15) is 38.5 Å². The largest absolute Gasteiger partial charge is 0.368 e. The Labute approximate surface area is 156 Å². The van der Waals surface area contributed by atoms with Gasteiger partial charge in [-0.15, -0.1) is 12.4 Å². The maximum Gasteiger partial charge on any atom is 0.254 e. The quantitative estimate of drug-likeness (QED) is 0.528. The van der Waals surface area contributed by atoms with E-state index in [4.69, 9.17) is 5.73 Å². The molecule has 3 amide bonds. The number of rotatable bonds is 5. The lowest BCUT2D eigenvalue weighted by molar-refractivity contribution is -0.154. The maximum absolute atomic E-state index is 14.1. The van der Waals surface area contributed by atoms with Gasteiger partial charge in [-0.25, -0.2) is 8.78 Å². The first-order chi connectivity index (χ1) is 11.8. The lowest BCUT2D eigenvalue weighted by atomic mass is 9.73. The molecule has 7 nitrogen and oxygen atoms in total. The van der Waals surface area contributed by atoms with Crippen molar-refractivity contribution in [2.45, 2.75) is 62.6 Å². The van der Waals surface area contributed by atoms with E-state index in [0.29, 0.717) is 19.4 Å². The fraction of sp³-hybridized carbons (Fsp3) is 0.812. The molecule has 2 bridgehead atoms. The van der Waals surface area contributed by atoms with E-state index in [9.17, 15) is 23.2 Å². The first kappa shape index (κ1) is 20.8. The number of primary amides is 1. The Morgan fingerprint density at radius 2 is 2.04 bits per heavy atom. The number of piperidine rings is 3. The SMILES string of the molecule is Cl.NC(=O)[C@H](C[C@@H]1CCCNC1=O)NC(=O)[C@H]1N[C@H]2CC[C@@H]1C(F)(F)C2. The second-order valence-corrected chi connectivity index (χ2v) is 7.32. The zero-order valence-corrected chi connectivity index (χ0v) is 15.1. The number of amides is 3. The van der Waals surface area contributed by atoms with E-state index in [1.807, 2.05) is 0 Å². The zero-order valence-electron chi connectivity index (χ0n) is 14.3. The molecule has 4 aliphatic rings. The highest BCUT2D eigenvalue weighted by atomic mass is 35.5. The van der Waals surface area contributed by atoms with Crippen molar-refractivity contribution in [3.8, 4) is 0 Å². The number of hydrogen-bond donors (Lipinski definition) is 4. The van der Waals surface area contributed by atoms with E-state index in [1.165, 1.54) is 0 Å². The van der Waals surface area contributed by atoms with E-state index >= 15 is 0 Å². The standard InChI is InChI=1S/C16H24F2N4O3.ClH/c17-16(18)7-9-3-4-10(16)12(21-9)15(25)22-11(13(19)23)6-8-2-1-5-20-14(8)24;/h8-12,21H,1-7H2,(H2,19,23)(H,20,24)(H,22,25);1H/t8-,9-,10-,11-,12-;/m0./s1. The number of nitrogens with two attached hydrogens (primary N) is 1. The highest BCUT2D eigenvalue weighted by Gasteiger charge is 2.55. The van der Waals surface area contributed by atoms with Crippen LogP contribution in [-0.2, 0) is 14.4 Å². The molecule has 0 aromatic rings. The molecule has 4 fully saturated rings. The van der Waals surface area contributed by atoms with Gasteiger partial charge in [-0.2, -0.15) is 0 Å². The van der Waals surface area contributed by atoms with Crippen LogP contribution in [0.5, 0.6) is 0 Å². The van der Waals surface area contributed by atoms with Crippen LogP contribution in [-0.4, -0.2) is 48.3 Å². The molecule has 1 saturated carbocycles. The Morgan fingerprint density at radius 1 is 1.31 bits per heavy atom. The third-order valence-corrected chi connectivity index (χ3v) is 5.57. The minimum Gasteiger partial charge on any atom is -0.368 e. The van der Waals surface area contributed by atoms with Crippen LogP contribution in [0, 0.1) is 11.8 Å². The first-order valence-corrected chi connectivity index (χ1v) is 8.79. The molecule has 3 saturated heterocycles. The van der Waals surface area contributed by atoms with Crippen molar-refractivity contribution in [3.05, 3.63) is 0 Å². The molecule has 0 spiro atoms. The summed E-state index contributed by atoms with van der Waals surface area (Å²) in [6, 6.07) is -2.48. The average Bonchev–Trinajstić information content (AvgIpc) is 2.55. The summed E-state index contributed by atoms with van der Waals surface area (Å²) in [4.78, 5) is 36.0. The minimum absolute atomic E-state index is 0. The maximum atomic E-state index is 14.1. The van der Waals surface area contributed by atoms with Crippen LogP contribution in [0.25, 0.3) is 0 Å². The van der Waals surface area contributed by atoms with Gasteiger partial charge in [0, 0.05) is 30.8 Å². The normalized spacial score (nSPS) is 33.5. The van der Waals surface area contributed by atoms with Crippen molar-refractivity contribution in [1.29, 1.82) is 0 Å². The van der Waals surface area contributed by atoms with Gasteiger partial charge >= 0.3 is 0 Å². The third-order valence-electron chi connectivity index (χ3n) is 5.57. The second-order valence-electron chi connectivity index (χ2n) is 7.32. The number of nitrogens with one attached hydrogen (secondary N) is 3. The average molecular weight is 395 g/mol. The van der Waals surface area contributed by atoms with Crippen LogP contribution in [0.2, 0.25) is 0 Å². The molecule has 0 aromatic heterocycles. The van der Waals surface area contributed by atoms with Gasteiger partial charge in [0.2, 0.25) is 17.7 Å². The molecule has 0 radical (unpaired) electrons. The predicted octanol–water partition coefficient (Wildman–Crippen LogP) is 0.0704. The van der Waals surface area contributed by atoms with Gasteiger partial charge < -0.3 is 21.7 Å². The molecule has 0 unspecified atom stereocenters. The number of halogens is 3. The third kappa shape index (κ3) is 4.25. The van der Waals surface area contributed by atoms with Crippen LogP contribution < -0.4 is 21.7 Å². The summed E-state index contributed by atoms with van der Waals surface area (Å²) >= 11 is 0. The molecular weight excluding hydrogens is 370 g/mol. The molecule has 148 valence electrons. The van der Waals surface area contributed by atoms with Gasteiger partial charge in [-0.05, 0) is 32.1 Å². The lowest BCUT2D eigenvalue weighted by Gasteiger charge is -2.47. The second kappa shape index (κ2) is 8.04. The number of hydrogen-bond acceptors (Lipinski definition) is 4. The summed E-state index contributed by atoms with van der Waals surface area (Å²) in [6.07, 6.45) is 2.11. The molecule has 4 rings (SSSR count). The highest BCUT2D eigenvalue weighted by Crippen LogP contribution is 2.44. The van der Waals surface area contributed by atoms with Gasteiger partial charge in [-0.1, -0.05) is 0 Å². The predicted molar refractivity (Wildman–Crippen MR) is 91.7 cm³/mol. The number of fused-ring (bicyclic) bond motifs is 3. The molecule has 5 N–H and O–H groups in total. The Balaban J connectivity index is 0.00000243. The van der Waals surface area contributed by atoms with E-state index < -0.39 is 47.7 Å². The van der Waals surface area contributed by atoms with Crippen LogP contribution in [0.15, 0.2) is 0 Å². The van der Waals surface area contributed by atoms with E-state index in [2.05, 4.69) is 16.0 Å². The van der Waals surface area contributed by atoms with E-state index in [1.54, 1.807) is 0 Å². The van der Waals surface area contributed by atoms with Gasteiger partial charge in [0.1, 0.15) is 6.04 Å². The van der Waals surface area contributed by atoms with Crippen LogP contribution in [0.4, 0.5) is 8.78 Å². The van der Waals surface area contributed by atoms with Gasteiger partial charge in [0.25, 0.3) is 5.92 Å². The summed E-state index contributed by atoms with van der Waals surface area (Å²) in [5.41, 5.74) is 5.35. The number of carbonyl (C=O) groups is 3. The summed E-state index contributed by atoms with van der Waals surface area (Å²) in [5.74, 6) is -5.96. The van der Waals surface area contributed by atoms with Crippen LogP contribution >= 0.6 is 12.4 Å². The summed E-state index contributed by atoms with van der Waals surface area (Å²) < 4.78 is 28.1. The summed E-state index contributed by atoms with van der Waals surface area (Å²) in [7, 11) is 0. The molecule has 5 atom stereocenters. The Morgan fingerprint density at radius 3 is 2.62 bits per heavy atom. The highest BCUT2D eigenvalue weighted by molar-refractivity contribution is 5.90. The van der Waals surface area contributed by atoms with Crippen molar-refractivity contribution in [1.82, 2.24) is 16.0 Å². The summed E-state index contributed by atoms with van der Waals surface area (Å²) in [5, 5.41) is 8.14. The molecule has 26 heavy (non-hydrogen) atoms. The van der Waals surface area contributed by atoms with E-state index in [-0.39, 0.29) is 37.6 Å². The molecule has 0 aromatic carbocycles. The van der Waals surface area contributed by atoms with Gasteiger partial charge in [0.05, 0.1) is 6.04 Å². The van der Waals surface area contributed by atoms with Gasteiger partial charge in [-0.3, -0.25) is 14.4 Å². The fourth-order valence-electron chi connectivity index (χ4n) is 4.21. The van der Waals surface area contributed by atoms with Crippen molar-refractivity contribution in [2.24, 2.45) is 17.6 Å². The van der Waals surface area contributed by atoms with Crippen molar-refractivity contribution in [2.75, 3.05) is 6.54 Å². The molecule has 10 heteroatoms. The Hall–Kier alpha value is -1.48. The molecule has 1 aliphatic carbocycles. The minimum atomic E-state index is -2.89. The van der Waals surface area contributed by atoms with E-state index in [0.717, 1.165) is 6.42 Å². The molecular formula is C16H25ClF2N4O3. The molecule has 3 heterocycles. The topological polar surface area (TPSA) is 113 Å². The monoisotopic (exact) mass is 394 g/mol. The van der Waals surface area contributed by atoms with Crippen molar-refractivity contribution < 1.29 is 23.2 Å². The van der Waals surface area contributed by atoms with Crippen molar-refractivity contribution >= 4 is 30.1 Å². The number of alkyl halides is 2. The van der Waals surface area contributed by atoms with Gasteiger partial charge in [0.15, 0.2) is 0 Å². The Bertz CT molecular complexity index is 578. The van der Waals surface area contributed by atoms with Crippen LogP contribution in [0.3, 0.4) is 0 Å². The summed E-state index contributed by atoms with van der Waals surface area (Å²) in [6.45, 7) is 0.590. The lowest BCUT2D eigenvalue weighted by Crippen LogP contribution is -2.66.